The van der Waals surface area contributed by atoms with Crippen LogP contribution in [0.1, 0.15) is 38.2 Å². The molecule has 156 valence electrons. The number of aryl methyl sites for hydroxylation is 1. The molecule has 2 aliphatic heterocycles. The van der Waals surface area contributed by atoms with Gasteiger partial charge in [-0.15, -0.1) is 0 Å². The van der Waals surface area contributed by atoms with Gasteiger partial charge in [0.15, 0.2) is 0 Å². The Morgan fingerprint density at radius 3 is 2.29 bits per heavy atom. The monoisotopic (exact) mass is 407 g/mol. The molecule has 2 fully saturated rings. The van der Waals surface area contributed by atoms with Crippen LogP contribution in [0.4, 0.5) is 0 Å². The summed E-state index contributed by atoms with van der Waals surface area (Å²) in [6.07, 6.45) is 3.12. The van der Waals surface area contributed by atoms with E-state index in [9.17, 15) is 13.2 Å². The Hall–Kier alpha value is -1.44. The lowest BCUT2D eigenvalue weighted by atomic mass is 9.93. The predicted molar refractivity (Wildman–Crippen MR) is 111 cm³/mol. The van der Waals surface area contributed by atoms with Gasteiger partial charge in [-0.05, 0) is 50.3 Å². The number of hydrogen-bond donors (Lipinski definition) is 0. The molecule has 0 spiro atoms. The van der Waals surface area contributed by atoms with E-state index in [0.717, 1.165) is 57.5 Å². The van der Waals surface area contributed by atoms with E-state index in [-0.39, 0.29) is 5.91 Å². The van der Waals surface area contributed by atoms with Crippen LogP contribution in [0.3, 0.4) is 0 Å². The largest absolute Gasteiger partial charge is 0.340 e. The third-order valence-corrected chi connectivity index (χ3v) is 8.28. The molecule has 6 nitrogen and oxygen atoms in total. The normalized spacial score (nSPS) is 20.4. The van der Waals surface area contributed by atoms with Crippen LogP contribution >= 0.6 is 0 Å². The van der Waals surface area contributed by atoms with E-state index in [1.807, 2.05) is 24.0 Å². The van der Waals surface area contributed by atoms with Gasteiger partial charge in [0.1, 0.15) is 0 Å². The minimum atomic E-state index is -3.42. The first-order valence-electron chi connectivity index (χ1n) is 10.5. The van der Waals surface area contributed by atoms with Crippen LogP contribution < -0.4 is 0 Å². The van der Waals surface area contributed by atoms with Crippen molar-refractivity contribution in [2.24, 2.45) is 5.92 Å². The second-order valence-corrected chi connectivity index (χ2v) is 9.87. The van der Waals surface area contributed by atoms with Crippen molar-refractivity contribution < 1.29 is 13.2 Å². The van der Waals surface area contributed by atoms with Gasteiger partial charge in [0.25, 0.3) is 0 Å². The molecule has 3 rings (SSSR count). The number of carbonyl (C=O) groups excluding carboxylic acids is 1. The minimum Gasteiger partial charge on any atom is -0.340 e. The third-order valence-electron chi connectivity index (χ3n) is 6.22. The number of nitrogens with zero attached hydrogens (tertiary/aromatic N) is 3. The maximum Gasteiger partial charge on any atom is 0.243 e. The first-order chi connectivity index (χ1) is 13.4. The second-order valence-electron chi connectivity index (χ2n) is 7.97. The molecule has 0 aliphatic carbocycles. The van der Waals surface area contributed by atoms with E-state index in [1.165, 1.54) is 0 Å². The van der Waals surface area contributed by atoms with Crippen LogP contribution in [0.25, 0.3) is 0 Å². The second kappa shape index (κ2) is 9.37. The first-order valence-corrected chi connectivity index (χ1v) is 11.9. The Morgan fingerprint density at radius 2 is 1.68 bits per heavy atom. The molecule has 0 radical (unpaired) electrons. The third kappa shape index (κ3) is 4.93. The summed E-state index contributed by atoms with van der Waals surface area (Å²) in [5, 5.41) is 0. The quantitative estimate of drug-likeness (QED) is 0.726. The van der Waals surface area contributed by atoms with Gasteiger partial charge in [0.05, 0.1) is 4.90 Å². The summed E-state index contributed by atoms with van der Waals surface area (Å²) in [6, 6.07) is 7.16. The topological polar surface area (TPSA) is 60.9 Å². The van der Waals surface area contributed by atoms with E-state index >= 15 is 0 Å². The fourth-order valence-electron chi connectivity index (χ4n) is 4.22. The van der Waals surface area contributed by atoms with E-state index in [4.69, 9.17) is 0 Å². The Morgan fingerprint density at radius 1 is 1.04 bits per heavy atom. The van der Waals surface area contributed by atoms with E-state index in [0.29, 0.717) is 30.3 Å². The maximum atomic E-state index is 12.9. The summed E-state index contributed by atoms with van der Waals surface area (Å²) in [5.41, 5.74) is 0.790. The van der Waals surface area contributed by atoms with Crippen molar-refractivity contribution in [2.75, 3.05) is 45.8 Å². The number of benzene rings is 1. The highest BCUT2D eigenvalue weighted by molar-refractivity contribution is 7.89. The fourth-order valence-corrected chi connectivity index (χ4v) is 5.92. The average molecular weight is 408 g/mol. The van der Waals surface area contributed by atoms with Crippen molar-refractivity contribution >= 4 is 15.9 Å². The Labute approximate surface area is 169 Å². The summed E-state index contributed by atoms with van der Waals surface area (Å²) in [6.45, 7) is 9.74. The molecule has 1 aromatic rings. The van der Waals surface area contributed by atoms with E-state index < -0.39 is 10.0 Å². The molecular weight excluding hydrogens is 374 g/mol. The molecule has 0 bridgehead atoms. The molecule has 1 amide bonds. The summed E-state index contributed by atoms with van der Waals surface area (Å²) < 4.78 is 27.4. The maximum absolute atomic E-state index is 12.9. The van der Waals surface area contributed by atoms with Crippen molar-refractivity contribution in [3.63, 3.8) is 0 Å². The number of hydrogen-bond acceptors (Lipinski definition) is 4. The van der Waals surface area contributed by atoms with Crippen LogP contribution in [0, 0.1) is 12.8 Å². The van der Waals surface area contributed by atoms with Crippen LogP contribution in [-0.2, 0) is 14.8 Å². The van der Waals surface area contributed by atoms with Crippen LogP contribution in [0.5, 0.6) is 0 Å². The Balaban J connectivity index is 1.46. The van der Waals surface area contributed by atoms with Crippen LogP contribution in [-0.4, -0.2) is 74.2 Å². The molecule has 2 aliphatic rings. The number of likely N-dealkylation sites (N-methyl/N-ethyl adjacent to an activating group) is 1. The Bertz CT molecular complexity index is 765. The number of carbonyl (C=O) groups is 1. The summed E-state index contributed by atoms with van der Waals surface area (Å²) in [4.78, 5) is 17.3. The lowest BCUT2D eigenvalue weighted by molar-refractivity contribution is -0.133. The van der Waals surface area contributed by atoms with Gasteiger partial charge in [0.2, 0.25) is 15.9 Å². The lowest BCUT2D eigenvalue weighted by Crippen LogP contribution is -2.48. The predicted octanol–water partition coefficient (Wildman–Crippen LogP) is 2.34. The van der Waals surface area contributed by atoms with Gasteiger partial charge < -0.3 is 9.80 Å². The van der Waals surface area contributed by atoms with Crippen molar-refractivity contribution in [2.45, 2.75) is 44.4 Å². The molecular formula is C21H33N3O3S. The van der Waals surface area contributed by atoms with Gasteiger partial charge in [-0.1, -0.05) is 25.1 Å². The van der Waals surface area contributed by atoms with E-state index in [2.05, 4.69) is 11.8 Å². The zero-order valence-corrected chi connectivity index (χ0v) is 18.0. The van der Waals surface area contributed by atoms with Gasteiger partial charge in [-0.3, -0.25) is 4.79 Å². The van der Waals surface area contributed by atoms with Crippen molar-refractivity contribution in [3.8, 4) is 0 Å². The smallest absolute Gasteiger partial charge is 0.243 e. The zero-order valence-electron chi connectivity index (χ0n) is 17.1. The molecule has 0 saturated carbocycles. The van der Waals surface area contributed by atoms with Crippen molar-refractivity contribution in [1.82, 2.24) is 14.1 Å². The SMILES string of the molecule is CCN1CCN(C(=O)CCC2CCN(S(=O)(=O)c3ccccc3C)CC2)CC1. The zero-order chi connectivity index (χ0) is 20.1. The first kappa shape index (κ1) is 21.3. The minimum absolute atomic E-state index is 0.255. The Kier molecular flexibility index (Phi) is 7.12. The highest BCUT2D eigenvalue weighted by Gasteiger charge is 2.30. The summed E-state index contributed by atoms with van der Waals surface area (Å²) in [5.74, 6) is 0.690. The summed E-state index contributed by atoms with van der Waals surface area (Å²) in [7, 11) is -3.42. The molecule has 0 aromatic heterocycles. The molecule has 1 aromatic carbocycles. The molecule has 2 saturated heterocycles. The number of amides is 1. The molecule has 2 heterocycles. The molecule has 28 heavy (non-hydrogen) atoms. The molecule has 0 atom stereocenters. The standard InChI is InChI=1S/C21H33N3O3S/c1-3-22-14-16-23(17-15-22)21(25)9-8-19-10-12-24(13-11-19)28(26,27)20-7-5-4-6-18(20)2/h4-7,19H,3,8-17H2,1-2H3. The van der Waals surface area contributed by atoms with Gasteiger partial charge >= 0.3 is 0 Å². The van der Waals surface area contributed by atoms with Crippen molar-refractivity contribution in [3.05, 3.63) is 29.8 Å². The lowest BCUT2D eigenvalue weighted by Gasteiger charge is -2.35. The van der Waals surface area contributed by atoms with Gasteiger partial charge in [-0.2, -0.15) is 4.31 Å². The van der Waals surface area contributed by atoms with Crippen molar-refractivity contribution in [1.29, 1.82) is 0 Å². The highest BCUT2D eigenvalue weighted by Crippen LogP contribution is 2.28. The van der Waals surface area contributed by atoms with Gasteiger partial charge in [0, 0.05) is 45.7 Å². The van der Waals surface area contributed by atoms with E-state index in [1.54, 1.807) is 16.4 Å². The fraction of sp³-hybridized carbons (Fsp3) is 0.667. The number of piperazine rings is 1. The molecule has 7 heteroatoms. The molecule has 0 unspecified atom stereocenters. The van der Waals surface area contributed by atoms with Gasteiger partial charge in [-0.25, -0.2) is 8.42 Å². The average Bonchev–Trinajstić information content (AvgIpc) is 2.72. The number of piperidine rings is 1. The van der Waals surface area contributed by atoms with Crippen LogP contribution in [0.15, 0.2) is 29.2 Å². The molecule has 0 N–H and O–H groups in total. The number of rotatable bonds is 6. The van der Waals surface area contributed by atoms with Crippen LogP contribution in [0.2, 0.25) is 0 Å². The number of sulfonamides is 1. The highest BCUT2D eigenvalue weighted by atomic mass is 32.2. The summed E-state index contributed by atoms with van der Waals surface area (Å²) >= 11 is 0.